The number of hydrogen-bond donors (Lipinski definition) is 1. The molecule has 2 amide bonds. The average molecular weight is 458 g/mol. The summed E-state index contributed by atoms with van der Waals surface area (Å²) in [7, 11) is 0. The third kappa shape index (κ3) is 6.88. The van der Waals surface area contributed by atoms with Crippen LogP contribution in [0.15, 0.2) is 66.9 Å². The summed E-state index contributed by atoms with van der Waals surface area (Å²) in [4.78, 5) is 14.8. The van der Waals surface area contributed by atoms with Crippen molar-refractivity contribution in [2.24, 2.45) is 0 Å². The van der Waals surface area contributed by atoms with E-state index in [-0.39, 0.29) is 6.03 Å². The van der Waals surface area contributed by atoms with E-state index in [9.17, 15) is 18.0 Å². The van der Waals surface area contributed by atoms with Gasteiger partial charge < -0.3 is 14.8 Å². The second-order valence-corrected chi connectivity index (χ2v) is 8.08. The van der Waals surface area contributed by atoms with Crippen molar-refractivity contribution >= 4 is 11.7 Å². The van der Waals surface area contributed by atoms with Gasteiger partial charge in [0.2, 0.25) is 0 Å². The van der Waals surface area contributed by atoms with Crippen LogP contribution in [0.3, 0.4) is 0 Å². The van der Waals surface area contributed by atoms with E-state index in [0.717, 1.165) is 42.3 Å². The second kappa shape index (κ2) is 11.1. The Morgan fingerprint density at radius 1 is 1.00 bits per heavy atom. The Kier molecular flexibility index (Phi) is 8.20. The monoisotopic (exact) mass is 457 g/mol. The van der Waals surface area contributed by atoms with E-state index in [1.54, 1.807) is 11.0 Å². The van der Waals surface area contributed by atoms with Crippen molar-refractivity contribution in [3.05, 3.63) is 89.2 Å². The lowest BCUT2D eigenvalue weighted by atomic mass is 10.1. The molecule has 4 nitrogen and oxygen atoms in total. The van der Waals surface area contributed by atoms with Crippen molar-refractivity contribution in [2.75, 3.05) is 11.9 Å². The molecule has 0 atom stereocenters. The Balaban J connectivity index is 1.75. The highest BCUT2D eigenvalue weighted by atomic mass is 19.4. The Hall–Kier alpha value is -3.22. The van der Waals surface area contributed by atoms with Crippen molar-refractivity contribution in [2.45, 2.75) is 52.4 Å². The minimum absolute atomic E-state index is 0.191. The van der Waals surface area contributed by atoms with Gasteiger partial charge in [0.25, 0.3) is 0 Å². The second-order valence-electron chi connectivity index (χ2n) is 8.08. The number of unbranched alkanes of at least 4 members (excludes halogenated alkanes) is 1. The van der Waals surface area contributed by atoms with Gasteiger partial charge in [-0.2, -0.15) is 13.2 Å². The number of carbonyl (C=O) groups is 1. The zero-order chi connectivity index (χ0) is 23.8. The van der Waals surface area contributed by atoms with Crippen LogP contribution in [0.1, 0.15) is 49.1 Å². The van der Waals surface area contributed by atoms with Gasteiger partial charge in [0.1, 0.15) is 0 Å². The summed E-state index contributed by atoms with van der Waals surface area (Å²) < 4.78 is 41.1. The number of hydrogen-bond acceptors (Lipinski definition) is 1. The van der Waals surface area contributed by atoms with Gasteiger partial charge in [-0.3, -0.25) is 0 Å². The van der Waals surface area contributed by atoms with Crippen LogP contribution in [0.4, 0.5) is 23.7 Å². The number of aryl methyl sites for hydroxylation is 1. The number of nitrogens with zero attached hydrogens (tertiary/aromatic N) is 2. The Bertz CT molecular complexity index is 1060. The summed E-state index contributed by atoms with van der Waals surface area (Å²) in [5.41, 5.74) is 2.65. The summed E-state index contributed by atoms with van der Waals surface area (Å²) in [5.74, 6) is 0. The molecule has 0 saturated heterocycles. The smallest absolute Gasteiger partial charge is 0.345 e. The van der Waals surface area contributed by atoms with E-state index < -0.39 is 11.7 Å². The summed E-state index contributed by atoms with van der Waals surface area (Å²) in [6.07, 6.45) is 0.138. The van der Waals surface area contributed by atoms with Crippen LogP contribution in [0.25, 0.3) is 0 Å². The van der Waals surface area contributed by atoms with Gasteiger partial charge in [-0.25, -0.2) is 4.79 Å². The molecule has 1 N–H and O–H groups in total. The lowest BCUT2D eigenvalue weighted by molar-refractivity contribution is -0.137. The number of amides is 2. The van der Waals surface area contributed by atoms with E-state index in [1.165, 1.54) is 12.1 Å². The maximum atomic E-state index is 13.1. The Morgan fingerprint density at radius 2 is 1.76 bits per heavy atom. The Morgan fingerprint density at radius 3 is 2.48 bits per heavy atom. The third-order valence-electron chi connectivity index (χ3n) is 5.54. The number of anilines is 1. The summed E-state index contributed by atoms with van der Waals surface area (Å²) in [6.45, 7) is 5.38. The van der Waals surface area contributed by atoms with Gasteiger partial charge in [0.05, 0.1) is 12.1 Å². The van der Waals surface area contributed by atoms with E-state index in [1.807, 2.05) is 47.2 Å². The van der Waals surface area contributed by atoms with E-state index in [0.29, 0.717) is 25.2 Å². The molecule has 0 aliphatic carbocycles. The fourth-order valence-electron chi connectivity index (χ4n) is 3.66. The minimum atomic E-state index is -4.38. The van der Waals surface area contributed by atoms with Crippen molar-refractivity contribution < 1.29 is 18.0 Å². The number of rotatable bonds is 9. The van der Waals surface area contributed by atoms with E-state index in [2.05, 4.69) is 19.2 Å². The molecule has 0 bridgehead atoms. The number of urea groups is 1. The number of halogens is 3. The lowest BCUT2D eigenvalue weighted by Gasteiger charge is -2.24. The van der Waals surface area contributed by atoms with Gasteiger partial charge in [0.15, 0.2) is 0 Å². The number of carbonyl (C=O) groups excluding carboxylic acids is 1. The molecule has 0 spiro atoms. The Labute approximate surface area is 193 Å². The van der Waals surface area contributed by atoms with Gasteiger partial charge in [-0.05, 0) is 60.4 Å². The predicted molar refractivity (Wildman–Crippen MR) is 125 cm³/mol. The molecule has 33 heavy (non-hydrogen) atoms. The van der Waals surface area contributed by atoms with Crippen molar-refractivity contribution in [1.29, 1.82) is 0 Å². The molecule has 1 aromatic heterocycles. The van der Waals surface area contributed by atoms with Crippen LogP contribution in [0.5, 0.6) is 0 Å². The first-order valence-corrected chi connectivity index (χ1v) is 11.2. The average Bonchev–Trinajstić information content (AvgIpc) is 3.22. The van der Waals surface area contributed by atoms with E-state index >= 15 is 0 Å². The van der Waals surface area contributed by atoms with Crippen molar-refractivity contribution in [1.82, 2.24) is 9.47 Å². The quantitative estimate of drug-likeness (QED) is 0.371. The van der Waals surface area contributed by atoms with Crippen LogP contribution in [-0.2, 0) is 25.7 Å². The predicted octanol–water partition coefficient (Wildman–Crippen LogP) is 6.95. The molecular formula is C26H30F3N3O. The van der Waals surface area contributed by atoms with Crippen molar-refractivity contribution in [3.63, 3.8) is 0 Å². The zero-order valence-electron chi connectivity index (χ0n) is 19.0. The fraction of sp³-hybridized carbons (Fsp3) is 0.346. The number of aromatic nitrogens is 1. The number of nitrogens with one attached hydrogen (secondary N) is 1. The first kappa shape index (κ1) is 24.4. The van der Waals surface area contributed by atoms with Crippen molar-refractivity contribution in [3.8, 4) is 0 Å². The highest BCUT2D eigenvalue weighted by Crippen LogP contribution is 2.29. The first-order valence-electron chi connectivity index (χ1n) is 11.2. The first-order chi connectivity index (χ1) is 15.8. The van der Waals surface area contributed by atoms with Gasteiger partial charge in [0, 0.05) is 30.7 Å². The zero-order valence-corrected chi connectivity index (χ0v) is 19.0. The molecule has 3 aromatic rings. The molecule has 0 unspecified atom stereocenters. The number of alkyl halides is 3. The molecule has 0 radical (unpaired) electrons. The summed E-state index contributed by atoms with van der Waals surface area (Å²) >= 11 is 0. The molecule has 2 aromatic carbocycles. The highest BCUT2D eigenvalue weighted by molar-refractivity contribution is 5.89. The normalized spacial score (nSPS) is 11.4. The minimum Gasteiger partial charge on any atom is -0.345 e. The van der Waals surface area contributed by atoms with Crippen LogP contribution >= 0.6 is 0 Å². The molecule has 0 aliphatic heterocycles. The molecule has 176 valence electrons. The largest absolute Gasteiger partial charge is 0.416 e. The molecule has 7 heteroatoms. The van der Waals surface area contributed by atoms with Crippen LogP contribution in [0.2, 0.25) is 0 Å². The highest BCUT2D eigenvalue weighted by Gasteiger charge is 2.30. The fourth-order valence-corrected chi connectivity index (χ4v) is 3.66. The maximum Gasteiger partial charge on any atom is 0.416 e. The molecule has 0 saturated carbocycles. The molecular weight excluding hydrogens is 427 g/mol. The maximum absolute atomic E-state index is 13.1. The molecule has 1 heterocycles. The van der Waals surface area contributed by atoms with Gasteiger partial charge in [-0.15, -0.1) is 0 Å². The third-order valence-corrected chi connectivity index (χ3v) is 5.54. The standard InChI is InChI=1S/C26H30F3N3O/c1-3-5-14-32(25(33)30-23-12-7-9-20(4-2)17-23)19-24-13-8-15-31(24)18-21-10-6-11-22(16-21)26(27,28)29/h6-13,15-17H,3-5,14,18-19H2,1-2H3,(H,30,33). The summed E-state index contributed by atoms with van der Waals surface area (Å²) in [6, 6.07) is 16.7. The van der Waals surface area contributed by atoms with Gasteiger partial charge in [-0.1, -0.05) is 44.5 Å². The van der Waals surface area contributed by atoms with Crippen LogP contribution in [0, 0.1) is 0 Å². The topological polar surface area (TPSA) is 37.3 Å². The molecule has 0 aliphatic rings. The van der Waals surface area contributed by atoms with Crippen LogP contribution < -0.4 is 5.32 Å². The number of benzene rings is 2. The van der Waals surface area contributed by atoms with Gasteiger partial charge >= 0.3 is 12.2 Å². The van der Waals surface area contributed by atoms with E-state index in [4.69, 9.17) is 0 Å². The van der Waals surface area contributed by atoms with Crippen LogP contribution in [-0.4, -0.2) is 22.0 Å². The SMILES string of the molecule is CCCCN(Cc1cccn1Cc1cccc(C(F)(F)F)c1)C(=O)Nc1cccc(CC)c1. The molecule has 0 fully saturated rings. The molecule has 3 rings (SSSR count). The lowest BCUT2D eigenvalue weighted by Crippen LogP contribution is -2.36. The summed E-state index contributed by atoms with van der Waals surface area (Å²) in [5, 5.41) is 2.98.